The molecule has 0 fully saturated rings. The van der Waals surface area contributed by atoms with E-state index in [9.17, 15) is 0 Å². The Morgan fingerprint density at radius 1 is 0.955 bits per heavy atom. The van der Waals surface area contributed by atoms with E-state index in [0.717, 1.165) is 0 Å². The lowest BCUT2D eigenvalue weighted by molar-refractivity contribution is 0.354. The van der Waals surface area contributed by atoms with E-state index in [1.165, 1.54) is 29.7 Å². The Balaban J connectivity index is 2.02. The van der Waals surface area contributed by atoms with Crippen LogP contribution in [0.1, 0.15) is 67.0 Å². The Kier molecular flexibility index (Phi) is 3.38. The minimum absolute atomic E-state index is 0.234. The van der Waals surface area contributed by atoms with Crippen molar-refractivity contribution in [3.05, 3.63) is 64.7 Å². The SMILES string of the molecule is CC(C)(C)C1c2ccccc2SC2CCCc3cccc1c32. The van der Waals surface area contributed by atoms with Gasteiger partial charge < -0.3 is 0 Å². The van der Waals surface area contributed by atoms with Crippen molar-refractivity contribution in [3.8, 4) is 0 Å². The Labute approximate surface area is 138 Å². The van der Waals surface area contributed by atoms with E-state index in [2.05, 4.69) is 75.0 Å². The average Bonchev–Trinajstić information content (AvgIpc) is 2.62. The molecule has 0 amide bonds. The number of fused-ring (bicyclic) bond motifs is 1. The number of benzene rings is 2. The second-order valence-corrected chi connectivity index (χ2v) is 9.00. The Morgan fingerprint density at radius 3 is 2.55 bits per heavy atom. The maximum absolute atomic E-state index is 2.40. The van der Waals surface area contributed by atoms with Gasteiger partial charge in [-0.2, -0.15) is 0 Å². The summed E-state index contributed by atoms with van der Waals surface area (Å²) in [7, 11) is 0. The summed E-state index contributed by atoms with van der Waals surface area (Å²) in [6.07, 6.45) is 3.91. The summed E-state index contributed by atoms with van der Waals surface area (Å²) in [4.78, 5) is 1.50. The van der Waals surface area contributed by atoms with Gasteiger partial charge in [0.05, 0.1) is 0 Å². The van der Waals surface area contributed by atoms with Crippen molar-refractivity contribution in [3.63, 3.8) is 0 Å². The first kappa shape index (κ1) is 14.4. The lowest BCUT2D eigenvalue weighted by Gasteiger charge is -2.34. The minimum atomic E-state index is 0.234. The van der Waals surface area contributed by atoms with Gasteiger partial charge in [0.1, 0.15) is 0 Å². The van der Waals surface area contributed by atoms with Crippen LogP contribution in [-0.2, 0) is 6.42 Å². The maximum atomic E-state index is 2.40. The highest BCUT2D eigenvalue weighted by Crippen LogP contribution is 2.55. The second kappa shape index (κ2) is 5.16. The molecule has 2 aliphatic rings. The number of aryl methyl sites for hydroxylation is 1. The molecule has 0 bridgehead atoms. The largest absolute Gasteiger partial charge is 0.118 e. The lowest BCUT2D eigenvalue weighted by Crippen LogP contribution is -2.22. The van der Waals surface area contributed by atoms with Crippen LogP contribution in [0.3, 0.4) is 0 Å². The van der Waals surface area contributed by atoms with Gasteiger partial charge in [0.15, 0.2) is 0 Å². The summed E-state index contributed by atoms with van der Waals surface area (Å²) in [5, 5.41) is 0.647. The zero-order chi connectivity index (χ0) is 15.3. The summed E-state index contributed by atoms with van der Waals surface area (Å²) in [5.74, 6) is 0.495. The van der Waals surface area contributed by atoms with Gasteiger partial charge in [0.25, 0.3) is 0 Å². The summed E-state index contributed by atoms with van der Waals surface area (Å²) >= 11 is 2.11. The smallest absolute Gasteiger partial charge is 0.0350 e. The molecule has 0 spiro atoms. The van der Waals surface area contributed by atoms with Gasteiger partial charge in [-0.25, -0.2) is 0 Å². The van der Waals surface area contributed by atoms with Crippen molar-refractivity contribution in [1.82, 2.24) is 0 Å². The van der Waals surface area contributed by atoms with Gasteiger partial charge in [-0.3, -0.25) is 0 Å². The third-order valence-corrected chi connectivity index (χ3v) is 6.52. The van der Waals surface area contributed by atoms with Crippen LogP contribution in [-0.4, -0.2) is 0 Å². The summed E-state index contributed by atoms with van der Waals surface area (Å²) in [5.41, 5.74) is 6.62. The van der Waals surface area contributed by atoms with Gasteiger partial charge in [-0.15, -0.1) is 11.8 Å². The molecular formula is C21H24S. The number of hydrogen-bond acceptors (Lipinski definition) is 1. The van der Waals surface area contributed by atoms with E-state index in [1.807, 2.05) is 0 Å². The maximum Gasteiger partial charge on any atom is 0.0350 e. The van der Waals surface area contributed by atoms with Crippen LogP contribution in [0.25, 0.3) is 0 Å². The molecule has 1 heteroatoms. The zero-order valence-electron chi connectivity index (χ0n) is 13.7. The van der Waals surface area contributed by atoms with Crippen LogP contribution in [0.2, 0.25) is 0 Å². The van der Waals surface area contributed by atoms with Crippen LogP contribution >= 0.6 is 11.8 Å². The molecule has 1 heterocycles. The molecule has 2 aromatic rings. The molecule has 22 heavy (non-hydrogen) atoms. The zero-order valence-corrected chi connectivity index (χ0v) is 14.5. The highest BCUT2D eigenvalue weighted by Gasteiger charge is 2.37. The van der Waals surface area contributed by atoms with Crippen LogP contribution in [0.4, 0.5) is 0 Å². The summed E-state index contributed by atoms with van der Waals surface area (Å²) in [6, 6.07) is 16.1. The third kappa shape index (κ3) is 2.22. The molecule has 0 nitrogen and oxygen atoms in total. The Morgan fingerprint density at radius 2 is 1.73 bits per heavy atom. The van der Waals surface area contributed by atoms with E-state index in [1.54, 1.807) is 16.7 Å². The van der Waals surface area contributed by atoms with Crippen molar-refractivity contribution in [2.75, 3.05) is 0 Å². The average molecular weight is 308 g/mol. The van der Waals surface area contributed by atoms with E-state index < -0.39 is 0 Å². The molecule has 4 rings (SSSR count). The Hall–Kier alpha value is -1.21. The van der Waals surface area contributed by atoms with Crippen molar-refractivity contribution >= 4 is 11.8 Å². The highest BCUT2D eigenvalue weighted by molar-refractivity contribution is 7.99. The molecule has 0 saturated carbocycles. The molecule has 0 radical (unpaired) electrons. The molecule has 0 saturated heterocycles. The predicted molar refractivity (Wildman–Crippen MR) is 95.7 cm³/mol. The summed E-state index contributed by atoms with van der Waals surface area (Å²) < 4.78 is 0. The van der Waals surface area contributed by atoms with Gasteiger partial charge in [0, 0.05) is 16.1 Å². The second-order valence-electron chi connectivity index (χ2n) is 7.76. The number of hydrogen-bond donors (Lipinski definition) is 0. The molecule has 1 aliphatic heterocycles. The topological polar surface area (TPSA) is 0 Å². The highest BCUT2D eigenvalue weighted by atomic mass is 32.2. The van der Waals surface area contributed by atoms with Crippen LogP contribution < -0.4 is 0 Å². The van der Waals surface area contributed by atoms with E-state index >= 15 is 0 Å². The fraction of sp³-hybridized carbons (Fsp3) is 0.429. The number of rotatable bonds is 0. The van der Waals surface area contributed by atoms with Crippen LogP contribution in [0, 0.1) is 5.41 Å². The fourth-order valence-electron chi connectivity index (χ4n) is 4.32. The molecule has 2 unspecified atom stereocenters. The minimum Gasteiger partial charge on any atom is -0.118 e. The first-order valence-corrected chi connectivity index (χ1v) is 9.31. The fourth-order valence-corrected chi connectivity index (χ4v) is 5.79. The predicted octanol–water partition coefficient (Wildman–Crippen LogP) is 6.35. The van der Waals surface area contributed by atoms with Crippen molar-refractivity contribution in [2.24, 2.45) is 5.41 Å². The quantitative estimate of drug-likeness (QED) is 0.546. The standard InChI is InChI=1S/C21H24S/c1-21(2,3)20-15-10-4-5-12-17(15)22-18-13-7-9-14-8-6-11-16(20)19(14)18/h4-6,8,10-12,18,20H,7,9,13H2,1-3H3. The molecule has 1 aliphatic carbocycles. The van der Waals surface area contributed by atoms with Gasteiger partial charge in [-0.1, -0.05) is 57.2 Å². The molecule has 114 valence electrons. The monoisotopic (exact) mass is 308 g/mol. The Bertz CT molecular complexity index is 708. The first-order chi connectivity index (χ1) is 10.6. The van der Waals surface area contributed by atoms with Crippen LogP contribution in [0.15, 0.2) is 47.4 Å². The van der Waals surface area contributed by atoms with Crippen molar-refractivity contribution < 1.29 is 0 Å². The van der Waals surface area contributed by atoms with E-state index in [4.69, 9.17) is 0 Å². The molecule has 2 atom stereocenters. The first-order valence-electron chi connectivity index (χ1n) is 8.43. The van der Waals surface area contributed by atoms with E-state index in [0.29, 0.717) is 11.2 Å². The number of thioether (sulfide) groups is 1. The molecule has 0 aromatic heterocycles. The summed E-state index contributed by atoms with van der Waals surface area (Å²) in [6.45, 7) is 7.17. The van der Waals surface area contributed by atoms with E-state index in [-0.39, 0.29) is 5.41 Å². The van der Waals surface area contributed by atoms with Crippen LogP contribution in [0.5, 0.6) is 0 Å². The third-order valence-electron chi connectivity index (χ3n) is 5.14. The van der Waals surface area contributed by atoms with Crippen molar-refractivity contribution in [1.29, 1.82) is 0 Å². The molecule has 2 aromatic carbocycles. The molecular weight excluding hydrogens is 284 g/mol. The lowest BCUT2D eigenvalue weighted by atomic mass is 9.70. The van der Waals surface area contributed by atoms with Gasteiger partial charge >= 0.3 is 0 Å². The van der Waals surface area contributed by atoms with Gasteiger partial charge in [-0.05, 0) is 53.0 Å². The molecule has 0 N–H and O–H groups in total. The normalized spacial score (nSPS) is 23.4. The van der Waals surface area contributed by atoms with Gasteiger partial charge in [0.2, 0.25) is 0 Å². The van der Waals surface area contributed by atoms with Crippen molar-refractivity contribution in [2.45, 2.75) is 56.1 Å².